The van der Waals surface area contributed by atoms with Crippen LogP contribution in [-0.2, 0) is 16.5 Å². The highest BCUT2D eigenvalue weighted by Crippen LogP contribution is 2.27. The van der Waals surface area contributed by atoms with Crippen LogP contribution >= 0.6 is 11.3 Å². The van der Waals surface area contributed by atoms with E-state index >= 15 is 0 Å². The molecule has 1 fully saturated rings. The zero-order chi connectivity index (χ0) is 19.0. The highest BCUT2D eigenvalue weighted by Gasteiger charge is 2.23. The van der Waals surface area contributed by atoms with E-state index in [9.17, 15) is 9.59 Å². The number of anilines is 2. The second-order valence-corrected chi connectivity index (χ2v) is 7.32. The minimum atomic E-state index is -0.388. The van der Waals surface area contributed by atoms with Gasteiger partial charge in [0.05, 0.1) is 18.3 Å². The molecule has 0 amide bonds. The molecule has 9 nitrogen and oxygen atoms in total. The Balaban J connectivity index is 1.70. The molecule has 0 bridgehead atoms. The first-order valence-electron chi connectivity index (χ1n) is 8.55. The van der Waals surface area contributed by atoms with E-state index in [2.05, 4.69) is 15.3 Å². The molecule has 0 saturated carbocycles. The molecule has 4 heterocycles. The van der Waals surface area contributed by atoms with E-state index in [1.807, 2.05) is 0 Å². The van der Waals surface area contributed by atoms with Crippen LogP contribution in [0, 0.1) is 0 Å². The maximum absolute atomic E-state index is 12.7. The Labute approximate surface area is 158 Å². The van der Waals surface area contributed by atoms with E-state index in [0.717, 1.165) is 12.8 Å². The van der Waals surface area contributed by atoms with E-state index in [0.29, 0.717) is 40.2 Å². The lowest BCUT2D eigenvalue weighted by atomic mass is 10.1. The minimum absolute atomic E-state index is 0.0605. The van der Waals surface area contributed by atoms with Crippen molar-refractivity contribution < 1.29 is 14.3 Å². The van der Waals surface area contributed by atoms with E-state index < -0.39 is 0 Å². The zero-order valence-corrected chi connectivity index (χ0v) is 15.8. The number of thiophene rings is 1. The molecular weight excluding hydrogens is 370 g/mol. The largest absolute Gasteiger partial charge is 0.465 e. The van der Waals surface area contributed by atoms with Crippen molar-refractivity contribution in [3.63, 3.8) is 0 Å². The summed E-state index contributed by atoms with van der Waals surface area (Å²) in [7, 11) is 3.07. The predicted octanol–water partition coefficient (Wildman–Crippen LogP) is 2.07. The number of nitrogens with one attached hydrogen (secondary N) is 1. The summed E-state index contributed by atoms with van der Waals surface area (Å²) in [6, 6.07) is 3.50. The molecule has 0 unspecified atom stereocenters. The first-order chi connectivity index (χ1) is 13.1. The fraction of sp³-hybridized carbons (Fsp3) is 0.412. The van der Waals surface area contributed by atoms with Gasteiger partial charge < -0.3 is 14.8 Å². The van der Waals surface area contributed by atoms with Gasteiger partial charge in [-0.15, -0.1) is 11.3 Å². The third kappa shape index (κ3) is 3.21. The number of aromatic nitrogens is 4. The summed E-state index contributed by atoms with van der Waals surface area (Å²) in [5.74, 6) is -0.0204. The number of aryl methyl sites for hydroxylation is 1. The standard InChI is InChI=1S/C17H19N5O4S/c1-21-11-9-18-16(19-13-4-3-12(27-13)15(23)25-2)20-14(11)22(17(21)24)10-5-7-26-8-6-10/h3-4,9-10H,5-8H2,1-2H3,(H,18,19,20). The van der Waals surface area contributed by atoms with Gasteiger partial charge in [-0.2, -0.15) is 4.98 Å². The second kappa shape index (κ2) is 7.12. The lowest BCUT2D eigenvalue weighted by Gasteiger charge is -2.22. The third-order valence-electron chi connectivity index (χ3n) is 4.62. The molecule has 142 valence electrons. The Hall–Kier alpha value is -2.72. The maximum Gasteiger partial charge on any atom is 0.348 e. The van der Waals surface area contributed by atoms with Crippen molar-refractivity contribution in [2.45, 2.75) is 18.9 Å². The number of methoxy groups -OCH3 is 1. The van der Waals surface area contributed by atoms with Gasteiger partial charge >= 0.3 is 11.7 Å². The van der Waals surface area contributed by atoms with Crippen LogP contribution in [0.2, 0.25) is 0 Å². The molecule has 1 aliphatic rings. The quantitative estimate of drug-likeness (QED) is 0.682. The summed E-state index contributed by atoms with van der Waals surface area (Å²) in [4.78, 5) is 33.7. The minimum Gasteiger partial charge on any atom is -0.465 e. The molecule has 0 radical (unpaired) electrons. The molecule has 10 heteroatoms. The van der Waals surface area contributed by atoms with E-state index in [1.165, 1.54) is 18.4 Å². The van der Waals surface area contributed by atoms with Crippen molar-refractivity contribution in [3.05, 3.63) is 33.7 Å². The molecule has 0 aliphatic carbocycles. The Morgan fingerprint density at radius 1 is 1.37 bits per heavy atom. The van der Waals surface area contributed by atoms with Crippen molar-refractivity contribution >= 4 is 39.4 Å². The molecule has 1 aliphatic heterocycles. The van der Waals surface area contributed by atoms with Gasteiger partial charge in [-0.3, -0.25) is 9.13 Å². The van der Waals surface area contributed by atoms with Crippen molar-refractivity contribution in [1.82, 2.24) is 19.1 Å². The van der Waals surface area contributed by atoms with Gasteiger partial charge in [-0.25, -0.2) is 14.6 Å². The van der Waals surface area contributed by atoms with Crippen molar-refractivity contribution in [1.29, 1.82) is 0 Å². The van der Waals surface area contributed by atoms with Gasteiger partial charge in [0.25, 0.3) is 0 Å². The monoisotopic (exact) mass is 389 g/mol. The maximum atomic E-state index is 12.7. The highest BCUT2D eigenvalue weighted by molar-refractivity contribution is 7.17. The SMILES string of the molecule is COC(=O)c1ccc(Nc2ncc3c(n2)n(C2CCOCC2)c(=O)n3C)s1. The molecule has 0 aromatic carbocycles. The molecule has 3 aromatic rings. The van der Waals surface area contributed by atoms with Gasteiger partial charge in [-0.05, 0) is 25.0 Å². The number of rotatable bonds is 4. The van der Waals surface area contributed by atoms with Gasteiger partial charge in [-0.1, -0.05) is 0 Å². The van der Waals surface area contributed by atoms with Crippen LogP contribution in [0.3, 0.4) is 0 Å². The van der Waals surface area contributed by atoms with Crippen LogP contribution in [0.1, 0.15) is 28.6 Å². The number of fused-ring (bicyclic) bond motifs is 1. The number of carbonyl (C=O) groups is 1. The smallest absolute Gasteiger partial charge is 0.348 e. The number of carbonyl (C=O) groups excluding carboxylic acids is 1. The first kappa shape index (κ1) is 17.7. The molecule has 1 N–H and O–H groups in total. The topological polar surface area (TPSA) is 100 Å². The summed E-state index contributed by atoms with van der Waals surface area (Å²) >= 11 is 1.25. The van der Waals surface area contributed by atoms with E-state index in [-0.39, 0.29) is 17.7 Å². The Morgan fingerprint density at radius 2 is 2.15 bits per heavy atom. The lowest BCUT2D eigenvalue weighted by molar-refractivity contribution is 0.0606. The van der Waals surface area contributed by atoms with Gasteiger partial charge in [0, 0.05) is 26.3 Å². The molecule has 1 saturated heterocycles. The van der Waals surface area contributed by atoms with Gasteiger partial charge in [0.2, 0.25) is 5.95 Å². The van der Waals surface area contributed by atoms with Gasteiger partial charge in [0.1, 0.15) is 10.4 Å². The van der Waals surface area contributed by atoms with Crippen LogP contribution in [0.5, 0.6) is 0 Å². The Morgan fingerprint density at radius 3 is 2.89 bits per heavy atom. The predicted molar refractivity (Wildman–Crippen MR) is 101 cm³/mol. The van der Waals surface area contributed by atoms with Crippen molar-refractivity contribution in [3.8, 4) is 0 Å². The number of hydrogen-bond donors (Lipinski definition) is 1. The number of nitrogens with zero attached hydrogens (tertiary/aromatic N) is 4. The summed E-state index contributed by atoms with van der Waals surface area (Å²) in [5, 5.41) is 3.81. The number of esters is 1. The van der Waals surface area contributed by atoms with Crippen molar-refractivity contribution in [2.75, 3.05) is 25.6 Å². The molecular formula is C17H19N5O4S. The van der Waals surface area contributed by atoms with E-state index in [4.69, 9.17) is 9.47 Å². The molecule has 3 aromatic heterocycles. The average Bonchev–Trinajstić information content (AvgIpc) is 3.25. The summed E-state index contributed by atoms with van der Waals surface area (Å²) < 4.78 is 13.4. The molecule has 0 spiro atoms. The molecule has 27 heavy (non-hydrogen) atoms. The highest BCUT2D eigenvalue weighted by atomic mass is 32.1. The Bertz CT molecular complexity index is 1050. The number of hydrogen-bond acceptors (Lipinski definition) is 8. The Kier molecular flexibility index (Phi) is 4.66. The third-order valence-corrected chi connectivity index (χ3v) is 5.60. The fourth-order valence-corrected chi connectivity index (χ4v) is 4.01. The van der Waals surface area contributed by atoms with Crippen LogP contribution in [-0.4, -0.2) is 45.4 Å². The van der Waals surface area contributed by atoms with Crippen molar-refractivity contribution in [2.24, 2.45) is 7.05 Å². The average molecular weight is 389 g/mol. The van der Waals surface area contributed by atoms with Gasteiger partial charge in [0.15, 0.2) is 5.65 Å². The summed E-state index contributed by atoms with van der Waals surface area (Å²) in [5.41, 5.74) is 1.17. The van der Waals surface area contributed by atoms with Crippen LogP contribution in [0.25, 0.3) is 11.2 Å². The summed E-state index contributed by atoms with van der Waals surface area (Å²) in [6.45, 7) is 1.27. The fourth-order valence-electron chi connectivity index (χ4n) is 3.19. The van der Waals surface area contributed by atoms with Crippen LogP contribution in [0.15, 0.2) is 23.1 Å². The van der Waals surface area contributed by atoms with Crippen LogP contribution < -0.4 is 11.0 Å². The summed E-state index contributed by atoms with van der Waals surface area (Å²) in [6.07, 6.45) is 3.19. The first-order valence-corrected chi connectivity index (χ1v) is 9.37. The lowest BCUT2D eigenvalue weighted by Crippen LogP contribution is -2.30. The zero-order valence-electron chi connectivity index (χ0n) is 15.0. The second-order valence-electron chi connectivity index (χ2n) is 6.24. The number of imidazole rings is 1. The normalized spacial score (nSPS) is 15.2. The molecule has 4 rings (SSSR count). The van der Waals surface area contributed by atoms with E-state index in [1.54, 1.807) is 34.5 Å². The number of ether oxygens (including phenoxy) is 2. The molecule has 0 atom stereocenters. The van der Waals surface area contributed by atoms with Crippen LogP contribution in [0.4, 0.5) is 10.9 Å².